The van der Waals surface area contributed by atoms with E-state index >= 15 is 0 Å². The second kappa shape index (κ2) is 8.21. The van der Waals surface area contributed by atoms with E-state index in [0.29, 0.717) is 30.1 Å². The first kappa shape index (κ1) is 19.5. The average Bonchev–Trinajstić information content (AvgIpc) is 3.25. The van der Waals surface area contributed by atoms with Crippen molar-refractivity contribution in [3.63, 3.8) is 0 Å². The molecule has 4 atom stereocenters. The molecule has 2 fully saturated rings. The van der Waals surface area contributed by atoms with Gasteiger partial charge in [-0.2, -0.15) is 0 Å². The predicted molar refractivity (Wildman–Crippen MR) is 102 cm³/mol. The highest BCUT2D eigenvalue weighted by Gasteiger charge is 2.49. The van der Waals surface area contributed by atoms with Crippen LogP contribution in [0.15, 0.2) is 48.5 Å². The summed E-state index contributed by atoms with van der Waals surface area (Å²) >= 11 is 0. The van der Waals surface area contributed by atoms with Gasteiger partial charge in [0.25, 0.3) is 0 Å². The minimum atomic E-state index is -0.168. The smallest absolute Gasteiger partial charge is 0.193 e. The summed E-state index contributed by atoms with van der Waals surface area (Å²) in [6, 6.07) is 14.8. The fraction of sp³-hybridized carbons (Fsp3) is 0.409. The summed E-state index contributed by atoms with van der Waals surface area (Å²) in [6.07, 6.45) is -0.400. The Kier molecular flexibility index (Phi) is 5.95. The molecule has 2 aromatic carbocycles. The monoisotopic (exact) mass is 370 g/mol. The zero-order chi connectivity index (χ0) is 18.1. The van der Waals surface area contributed by atoms with E-state index < -0.39 is 0 Å². The van der Waals surface area contributed by atoms with Crippen molar-refractivity contribution in [2.45, 2.75) is 38.8 Å². The SMILES string of the molecule is C.CO[C@H]1CO[C@@H]2C(Oc3ccc(C(=O)c4ccc(C)cc4)cc3)CO[C@H]12. The van der Waals surface area contributed by atoms with E-state index in [1.165, 1.54) is 0 Å². The van der Waals surface area contributed by atoms with Gasteiger partial charge in [0.15, 0.2) is 11.9 Å². The van der Waals surface area contributed by atoms with Gasteiger partial charge in [-0.25, -0.2) is 0 Å². The summed E-state index contributed by atoms with van der Waals surface area (Å²) in [5.41, 5.74) is 2.45. The molecule has 2 heterocycles. The second-order valence-corrected chi connectivity index (χ2v) is 6.75. The highest BCUT2D eigenvalue weighted by Crippen LogP contribution is 2.31. The second-order valence-electron chi connectivity index (χ2n) is 6.75. The Labute approximate surface area is 160 Å². The van der Waals surface area contributed by atoms with Crippen LogP contribution in [0.25, 0.3) is 0 Å². The van der Waals surface area contributed by atoms with E-state index in [1.807, 2.05) is 43.3 Å². The molecule has 0 N–H and O–H groups in total. The van der Waals surface area contributed by atoms with Gasteiger partial charge in [0.05, 0.1) is 13.2 Å². The van der Waals surface area contributed by atoms with Gasteiger partial charge in [-0.1, -0.05) is 37.3 Å². The Morgan fingerprint density at radius 1 is 0.889 bits per heavy atom. The van der Waals surface area contributed by atoms with Crippen molar-refractivity contribution in [1.82, 2.24) is 0 Å². The molecule has 0 aromatic heterocycles. The fourth-order valence-electron chi connectivity index (χ4n) is 3.46. The summed E-state index contributed by atoms with van der Waals surface area (Å²) < 4.78 is 22.9. The molecule has 1 unspecified atom stereocenters. The number of aryl methyl sites for hydroxylation is 1. The predicted octanol–water partition coefficient (Wildman–Crippen LogP) is 3.42. The number of hydrogen-bond donors (Lipinski definition) is 0. The lowest BCUT2D eigenvalue weighted by molar-refractivity contribution is -0.0138. The van der Waals surface area contributed by atoms with Gasteiger partial charge in [0.1, 0.15) is 24.1 Å². The van der Waals surface area contributed by atoms with Crippen LogP contribution in [0.2, 0.25) is 0 Å². The number of methoxy groups -OCH3 is 1. The van der Waals surface area contributed by atoms with Crippen molar-refractivity contribution in [3.8, 4) is 5.75 Å². The minimum Gasteiger partial charge on any atom is -0.485 e. The summed E-state index contributed by atoms with van der Waals surface area (Å²) in [5.74, 6) is 0.701. The van der Waals surface area contributed by atoms with Crippen LogP contribution < -0.4 is 4.74 Å². The van der Waals surface area contributed by atoms with Gasteiger partial charge >= 0.3 is 0 Å². The molecular weight excluding hydrogens is 344 g/mol. The molecule has 0 bridgehead atoms. The van der Waals surface area contributed by atoms with Crippen LogP contribution in [-0.4, -0.2) is 50.5 Å². The molecule has 0 aliphatic carbocycles. The Bertz CT molecular complexity index is 768. The molecule has 5 heteroatoms. The lowest BCUT2D eigenvalue weighted by Crippen LogP contribution is -2.35. The topological polar surface area (TPSA) is 54.0 Å². The maximum atomic E-state index is 12.5. The number of ketones is 1. The van der Waals surface area contributed by atoms with Crippen LogP contribution >= 0.6 is 0 Å². The number of benzene rings is 2. The molecule has 0 radical (unpaired) electrons. The maximum absolute atomic E-state index is 12.5. The first-order chi connectivity index (χ1) is 12.7. The van der Waals surface area contributed by atoms with Crippen LogP contribution in [0, 0.1) is 6.92 Å². The van der Waals surface area contributed by atoms with Gasteiger partial charge in [-0.05, 0) is 31.2 Å². The third-order valence-corrected chi connectivity index (χ3v) is 4.98. The van der Waals surface area contributed by atoms with E-state index in [9.17, 15) is 4.79 Å². The minimum absolute atomic E-state index is 0. The van der Waals surface area contributed by atoms with Crippen molar-refractivity contribution < 1.29 is 23.7 Å². The molecule has 2 aliphatic rings. The Morgan fingerprint density at radius 2 is 1.41 bits per heavy atom. The molecular formula is C22H26O5. The summed E-state index contributed by atoms with van der Waals surface area (Å²) in [6.45, 7) is 3.00. The zero-order valence-electron chi connectivity index (χ0n) is 14.9. The van der Waals surface area contributed by atoms with Crippen molar-refractivity contribution in [2.75, 3.05) is 20.3 Å². The highest BCUT2D eigenvalue weighted by atomic mass is 16.6. The molecule has 2 aliphatic heterocycles. The van der Waals surface area contributed by atoms with E-state index in [1.54, 1.807) is 19.2 Å². The molecule has 2 aromatic rings. The summed E-state index contributed by atoms with van der Waals surface area (Å²) in [4.78, 5) is 12.5. The number of hydrogen-bond acceptors (Lipinski definition) is 5. The molecule has 4 rings (SSSR count). The third-order valence-electron chi connectivity index (χ3n) is 4.98. The number of carbonyl (C=O) groups is 1. The first-order valence-electron chi connectivity index (χ1n) is 8.80. The zero-order valence-corrected chi connectivity index (χ0v) is 14.9. The molecule has 144 valence electrons. The fourth-order valence-corrected chi connectivity index (χ4v) is 3.46. The van der Waals surface area contributed by atoms with Gasteiger partial charge in [0, 0.05) is 18.2 Å². The number of carbonyl (C=O) groups excluding carboxylic acids is 1. The molecule has 0 saturated carbocycles. The van der Waals surface area contributed by atoms with Crippen LogP contribution in [0.3, 0.4) is 0 Å². The molecule has 0 spiro atoms. The van der Waals surface area contributed by atoms with Crippen molar-refractivity contribution >= 4 is 5.78 Å². The van der Waals surface area contributed by atoms with Crippen molar-refractivity contribution in [1.29, 1.82) is 0 Å². The molecule has 0 amide bonds. The largest absolute Gasteiger partial charge is 0.485 e. The van der Waals surface area contributed by atoms with Crippen LogP contribution in [-0.2, 0) is 14.2 Å². The number of fused-ring (bicyclic) bond motifs is 1. The Hall–Kier alpha value is -2.21. The van der Waals surface area contributed by atoms with Crippen LogP contribution in [0.1, 0.15) is 28.9 Å². The first-order valence-corrected chi connectivity index (χ1v) is 8.80. The van der Waals surface area contributed by atoms with Crippen LogP contribution in [0.4, 0.5) is 0 Å². The van der Waals surface area contributed by atoms with Gasteiger partial charge in [-0.3, -0.25) is 4.79 Å². The standard InChI is InChI=1S/C21H22O5.CH4/c1-13-3-5-14(6-4-13)19(22)15-7-9-16(10-8-15)26-18-12-25-20-17(23-2)11-24-21(18)20;/h3-10,17-18,20-21H,11-12H2,1-2H3;1H4/t17-,18?,20+,21+;/m0./s1. The van der Waals surface area contributed by atoms with E-state index in [4.69, 9.17) is 18.9 Å². The summed E-state index contributed by atoms with van der Waals surface area (Å²) in [7, 11) is 1.66. The number of ether oxygens (including phenoxy) is 4. The molecule has 27 heavy (non-hydrogen) atoms. The summed E-state index contributed by atoms with van der Waals surface area (Å²) in [5, 5.41) is 0. The number of rotatable bonds is 5. The lowest BCUT2D eigenvalue weighted by Gasteiger charge is -2.18. The van der Waals surface area contributed by atoms with E-state index in [-0.39, 0.29) is 37.6 Å². The lowest BCUT2D eigenvalue weighted by atomic mass is 10.0. The van der Waals surface area contributed by atoms with Gasteiger partial charge in [-0.15, -0.1) is 0 Å². The van der Waals surface area contributed by atoms with Crippen LogP contribution in [0.5, 0.6) is 5.75 Å². The van der Waals surface area contributed by atoms with E-state index in [2.05, 4.69) is 0 Å². The van der Waals surface area contributed by atoms with Crippen molar-refractivity contribution in [2.24, 2.45) is 0 Å². The third kappa shape index (κ3) is 3.90. The normalized spacial score (nSPS) is 26.3. The molecule has 5 nitrogen and oxygen atoms in total. The molecule has 2 saturated heterocycles. The Balaban J connectivity index is 0.00000210. The maximum Gasteiger partial charge on any atom is 0.193 e. The average molecular weight is 370 g/mol. The Morgan fingerprint density at radius 3 is 2.00 bits per heavy atom. The highest BCUT2D eigenvalue weighted by molar-refractivity contribution is 6.09. The van der Waals surface area contributed by atoms with Crippen molar-refractivity contribution in [3.05, 3.63) is 65.2 Å². The quantitative estimate of drug-likeness (QED) is 0.755. The van der Waals surface area contributed by atoms with E-state index in [0.717, 1.165) is 5.56 Å². The van der Waals surface area contributed by atoms with Gasteiger partial charge in [0.2, 0.25) is 0 Å². The van der Waals surface area contributed by atoms with Gasteiger partial charge < -0.3 is 18.9 Å².